The zero-order valence-corrected chi connectivity index (χ0v) is 14.9. The van der Waals surface area contributed by atoms with E-state index < -0.39 is 0 Å². The minimum absolute atomic E-state index is 0.320. The number of halogens is 1. The zero-order valence-electron chi connectivity index (χ0n) is 14.9. The van der Waals surface area contributed by atoms with Crippen LogP contribution in [-0.4, -0.2) is 10.9 Å². The van der Waals surface area contributed by atoms with Crippen molar-refractivity contribution in [3.63, 3.8) is 0 Å². The molecule has 3 rings (SSSR count). The van der Waals surface area contributed by atoms with E-state index in [1.54, 1.807) is 18.3 Å². The number of anilines is 1. The molecule has 0 bridgehead atoms. The Balaban J connectivity index is 1.55. The first kappa shape index (κ1) is 18.3. The molecule has 0 fully saturated rings. The summed E-state index contributed by atoms with van der Waals surface area (Å²) in [6.45, 7) is 2.20. The van der Waals surface area contributed by atoms with Gasteiger partial charge in [-0.2, -0.15) is 0 Å². The minimum atomic E-state index is -0.388. The lowest BCUT2D eigenvalue weighted by Gasteiger charge is -2.06. The van der Waals surface area contributed by atoms with Gasteiger partial charge in [0, 0.05) is 18.0 Å². The number of pyridine rings is 1. The van der Waals surface area contributed by atoms with Gasteiger partial charge in [-0.1, -0.05) is 24.3 Å². The van der Waals surface area contributed by atoms with Crippen molar-refractivity contribution in [2.75, 3.05) is 5.32 Å². The molecule has 0 aliphatic rings. The van der Waals surface area contributed by atoms with E-state index in [9.17, 15) is 9.18 Å². The molecule has 0 saturated carbocycles. The number of nitrogens with zero attached hydrogens (tertiary/aromatic N) is 1. The van der Waals surface area contributed by atoms with Crippen LogP contribution < -0.4 is 10.1 Å². The second-order valence-electron chi connectivity index (χ2n) is 5.96. The Morgan fingerprint density at radius 2 is 1.96 bits per heavy atom. The lowest BCUT2D eigenvalue weighted by atomic mass is 10.2. The van der Waals surface area contributed by atoms with E-state index in [-0.39, 0.29) is 11.7 Å². The fourth-order valence-corrected chi connectivity index (χ4v) is 2.39. The number of ether oxygens (including phenoxy) is 1. The third kappa shape index (κ3) is 5.51. The van der Waals surface area contributed by atoms with E-state index in [1.807, 2.05) is 49.4 Å². The first-order chi connectivity index (χ1) is 13.1. The molecule has 136 valence electrons. The molecule has 5 heteroatoms. The summed E-state index contributed by atoms with van der Waals surface area (Å²) in [6, 6.07) is 17.3. The molecule has 1 aromatic heterocycles. The van der Waals surface area contributed by atoms with Gasteiger partial charge in [-0.15, -0.1) is 0 Å². The van der Waals surface area contributed by atoms with E-state index in [2.05, 4.69) is 10.3 Å². The summed E-state index contributed by atoms with van der Waals surface area (Å²) in [5.74, 6) is 0.0120. The van der Waals surface area contributed by atoms with Crippen LogP contribution in [0.4, 0.5) is 10.1 Å². The van der Waals surface area contributed by atoms with E-state index in [4.69, 9.17) is 4.74 Å². The Hall–Kier alpha value is -3.47. The summed E-state index contributed by atoms with van der Waals surface area (Å²) in [7, 11) is 0. The Morgan fingerprint density at radius 1 is 1.15 bits per heavy atom. The normalized spacial score (nSPS) is 10.7. The van der Waals surface area contributed by atoms with E-state index in [0.717, 1.165) is 22.6 Å². The van der Waals surface area contributed by atoms with Crippen molar-refractivity contribution in [1.29, 1.82) is 0 Å². The van der Waals surface area contributed by atoms with Crippen LogP contribution in [-0.2, 0) is 11.4 Å². The number of amides is 1. The minimum Gasteiger partial charge on any atom is -0.487 e. The Bertz CT molecular complexity index is 938. The number of nitrogens with one attached hydrogen (secondary N) is 1. The molecule has 0 saturated heterocycles. The number of benzene rings is 2. The summed E-state index contributed by atoms with van der Waals surface area (Å²) in [6.07, 6.45) is 4.82. The third-order valence-electron chi connectivity index (χ3n) is 3.88. The summed E-state index contributed by atoms with van der Waals surface area (Å²) < 4.78 is 18.9. The first-order valence-electron chi connectivity index (χ1n) is 8.48. The van der Waals surface area contributed by atoms with E-state index in [1.165, 1.54) is 18.2 Å². The van der Waals surface area contributed by atoms with Crippen LogP contribution in [0.2, 0.25) is 0 Å². The SMILES string of the molecule is Cc1ccc(F)cc1NC(=O)/C=C/c1ccc(OCc2ccccn2)cc1. The monoisotopic (exact) mass is 362 g/mol. The topological polar surface area (TPSA) is 51.2 Å². The van der Waals surface area contributed by atoms with Gasteiger partial charge in [0.1, 0.15) is 18.2 Å². The number of hydrogen-bond acceptors (Lipinski definition) is 3. The fourth-order valence-electron chi connectivity index (χ4n) is 2.39. The van der Waals surface area contributed by atoms with Crippen molar-refractivity contribution in [2.24, 2.45) is 0 Å². The molecule has 0 aliphatic heterocycles. The highest BCUT2D eigenvalue weighted by Crippen LogP contribution is 2.17. The molecule has 0 aliphatic carbocycles. The Kier molecular flexibility index (Phi) is 5.94. The largest absolute Gasteiger partial charge is 0.487 e. The molecule has 1 amide bonds. The summed E-state index contributed by atoms with van der Waals surface area (Å²) in [5.41, 5.74) is 2.97. The van der Waals surface area contributed by atoms with Crippen molar-refractivity contribution < 1.29 is 13.9 Å². The maximum atomic E-state index is 13.3. The van der Waals surface area contributed by atoms with Gasteiger partial charge in [0.25, 0.3) is 0 Å². The number of aryl methyl sites for hydroxylation is 1. The smallest absolute Gasteiger partial charge is 0.248 e. The van der Waals surface area contributed by atoms with Crippen molar-refractivity contribution in [3.05, 3.63) is 95.6 Å². The maximum absolute atomic E-state index is 13.3. The quantitative estimate of drug-likeness (QED) is 0.643. The molecule has 1 N–H and O–H groups in total. The second kappa shape index (κ2) is 8.76. The Labute approximate surface area is 157 Å². The zero-order chi connectivity index (χ0) is 19.1. The van der Waals surface area contributed by atoms with E-state index >= 15 is 0 Å². The predicted molar refractivity (Wildman–Crippen MR) is 104 cm³/mol. The van der Waals surface area contributed by atoms with Gasteiger partial charge in [0.15, 0.2) is 0 Å². The van der Waals surface area contributed by atoms with Crippen LogP contribution in [0, 0.1) is 12.7 Å². The van der Waals surface area contributed by atoms with Crippen molar-refractivity contribution in [3.8, 4) is 5.75 Å². The van der Waals surface area contributed by atoms with Crippen LogP contribution in [0.5, 0.6) is 5.75 Å². The molecule has 0 radical (unpaired) electrons. The average molecular weight is 362 g/mol. The van der Waals surface area contributed by atoms with Gasteiger partial charge in [-0.25, -0.2) is 4.39 Å². The molecule has 1 heterocycles. The molecule has 2 aromatic carbocycles. The lowest BCUT2D eigenvalue weighted by Crippen LogP contribution is -2.09. The summed E-state index contributed by atoms with van der Waals surface area (Å²) in [5, 5.41) is 2.67. The van der Waals surface area contributed by atoms with Gasteiger partial charge >= 0.3 is 0 Å². The van der Waals surface area contributed by atoms with Gasteiger partial charge < -0.3 is 10.1 Å². The Morgan fingerprint density at radius 3 is 2.70 bits per heavy atom. The molecule has 27 heavy (non-hydrogen) atoms. The predicted octanol–water partition coefficient (Wildman–Crippen LogP) is 4.76. The van der Waals surface area contributed by atoms with Crippen LogP contribution >= 0.6 is 0 Å². The van der Waals surface area contributed by atoms with Gasteiger partial charge in [-0.3, -0.25) is 9.78 Å². The molecule has 0 atom stereocenters. The molecule has 3 aromatic rings. The van der Waals surface area contributed by atoms with Crippen LogP contribution in [0.1, 0.15) is 16.8 Å². The highest BCUT2D eigenvalue weighted by atomic mass is 19.1. The standard InChI is InChI=1S/C22H19FN2O2/c1-16-5-9-18(23)14-21(16)25-22(26)12-8-17-6-10-20(11-7-17)27-15-19-4-2-3-13-24-19/h2-14H,15H2,1H3,(H,25,26)/b12-8+. The highest BCUT2D eigenvalue weighted by Gasteiger charge is 2.03. The molecular weight excluding hydrogens is 343 g/mol. The first-order valence-corrected chi connectivity index (χ1v) is 8.48. The van der Waals surface area contributed by atoms with Crippen LogP contribution in [0.3, 0.4) is 0 Å². The van der Waals surface area contributed by atoms with Crippen LogP contribution in [0.15, 0.2) is 72.9 Å². The number of rotatable bonds is 6. The molecule has 0 spiro atoms. The number of aromatic nitrogens is 1. The van der Waals surface area contributed by atoms with E-state index in [0.29, 0.717) is 12.3 Å². The van der Waals surface area contributed by atoms with Gasteiger partial charge in [-0.05, 0) is 60.5 Å². The average Bonchev–Trinajstić information content (AvgIpc) is 2.69. The second-order valence-corrected chi connectivity index (χ2v) is 5.96. The van der Waals surface area contributed by atoms with Gasteiger partial charge in [0.2, 0.25) is 5.91 Å². The van der Waals surface area contributed by atoms with Crippen molar-refractivity contribution in [2.45, 2.75) is 13.5 Å². The maximum Gasteiger partial charge on any atom is 0.248 e. The summed E-state index contributed by atoms with van der Waals surface area (Å²) in [4.78, 5) is 16.2. The lowest BCUT2D eigenvalue weighted by molar-refractivity contribution is -0.111. The van der Waals surface area contributed by atoms with Crippen molar-refractivity contribution in [1.82, 2.24) is 4.98 Å². The third-order valence-corrected chi connectivity index (χ3v) is 3.88. The highest BCUT2D eigenvalue weighted by molar-refractivity contribution is 6.02. The van der Waals surface area contributed by atoms with Gasteiger partial charge in [0.05, 0.1) is 5.69 Å². The fraction of sp³-hybridized carbons (Fsp3) is 0.0909. The number of carbonyl (C=O) groups is 1. The number of carbonyl (C=O) groups excluding carboxylic acids is 1. The van der Waals surface area contributed by atoms with Crippen LogP contribution in [0.25, 0.3) is 6.08 Å². The van der Waals surface area contributed by atoms with Crippen molar-refractivity contribution >= 4 is 17.7 Å². The summed E-state index contributed by atoms with van der Waals surface area (Å²) >= 11 is 0. The molecule has 0 unspecified atom stereocenters. The molecular formula is C22H19FN2O2. The number of hydrogen-bond donors (Lipinski definition) is 1. The molecule has 4 nitrogen and oxygen atoms in total.